The van der Waals surface area contributed by atoms with Gasteiger partial charge in [-0.05, 0) is 44.6 Å². The quantitative estimate of drug-likeness (QED) is 0.398. The molecule has 6 nitrogen and oxygen atoms in total. The largest absolute Gasteiger partial charge is 0.461 e. The van der Waals surface area contributed by atoms with E-state index in [1.54, 1.807) is 12.1 Å². The van der Waals surface area contributed by atoms with E-state index in [4.69, 9.17) is 13.0 Å². The van der Waals surface area contributed by atoms with Crippen LogP contribution in [0.4, 0.5) is 5.69 Å². The van der Waals surface area contributed by atoms with Crippen LogP contribution in [-0.2, 0) is 4.74 Å². The van der Waals surface area contributed by atoms with Gasteiger partial charge in [-0.2, -0.15) is 0 Å². The Hall–Kier alpha value is -1.95. The highest BCUT2D eigenvalue weighted by Crippen LogP contribution is 2.17. The van der Waals surface area contributed by atoms with Crippen molar-refractivity contribution in [2.75, 3.05) is 38.7 Å². The molecule has 1 aromatic carbocycles. The number of unbranched alkanes of at least 4 members (excludes halogenated alkanes) is 1. The Bertz CT molecular complexity index is 605. The number of nitrogens with zero attached hydrogens (tertiary/aromatic N) is 3. The third kappa shape index (κ3) is 5.91. The number of nitroso groups, excluding NO2 is 1. The molecule has 6 heteroatoms. The highest BCUT2D eigenvalue weighted by atomic mass is 16.5. The predicted molar refractivity (Wildman–Crippen MR) is 83.3 cm³/mol. The third-order valence-corrected chi connectivity index (χ3v) is 2.77. The van der Waals surface area contributed by atoms with E-state index in [9.17, 15) is 9.70 Å². The molecule has 0 aliphatic rings. The van der Waals surface area contributed by atoms with E-state index in [0.29, 0.717) is 17.1 Å². The van der Waals surface area contributed by atoms with Crippen LogP contribution in [0.5, 0.6) is 0 Å². The summed E-state index contributed by atoms with van der Waals surface area (Å²) in [6.07, 6.45) is 1.69. The zero-order chi connectivity index (χ0) is 20.7. The zero-order valence-electron chi connectivity index (χ0n) is 17.9. The zero-order valence-corrected chi connectivity index (χ0v) is 11.9. The van der Waals surface area contributed by atoms with Crippen molar-refractivity contribution in [3.8, 4) is 0 Å². The lowest BCUT2D eigenvalue weighted by molar-refractivity contribution is 0.0482. The molecule has 116 valence electrons. The van der Waals surface area contributed by atoms with Gasteiger partial charge in [0.05, 0.1) is 16.5 Å². The molecule has 0 saturated heterocycles. The number of carbonyl (C=O) groups is 1. The van der Waals surface area contributed by atoms with Crippen molar-refractivity contribution in [2.45, 2.75) is 19.8 Å². The SMILES string of the molecule is [2H]C([2H])([2H])N(CCOC(=O)c1ccc(N(CCCC)N=O)cc1)C([2H])([2H])[2H]. The molecule has 0 radical (unpaired) electrons. The first kappa shape index (κ1) is 9.89. The van der Waals surface area contributed by atoms with Gasteiger partial charge in [-0.3, -0.25) is 0 Å². The molecule has 0 N–H and O–H groups in total. The van der Waals surface area contributed by atoms with Crippen molar-refractivity contribution in [1.29, 1.82) is 0 Å². The number of rotatable bonds is 9. The number of likely N-dealkylation sites (N-methyl/N-ethyl adjacent to an activating group) is 1. The third-order valence-electron chi connectivity index (χ3n) is 2.77. The normalized spacial score (nSPS) is 15.9. The predicted octanol–water partition coefficient (Wildman–Crippen LogP) is 2.69. The van der Waals surface area contributed by atoms with E-state index >= 15 is 0 Å². The van der Waals surface area contributed by atoms with Crippen LogP contribution in [0.2, 0.25) is 0 Å². The fraction of sp³-hybridized carbons (Fsp3) is 0.533. The Morgan fingerprint density at radius 3 is 2.57 bits per heavy atom. The number of carbonyl (C=O) groups excluding carboxylic acids is 1. The Morgan fingerprint density at radius 1 is 1.29 bits per heavy atom. The van der Waals surface area contributed by atoms with Crippen LogP contribution in [0.1, 0.15) is 38.3 Å². The van der Waals surface area contributed by atoms with Gasteiger partial charge < -0.3 is 9.64 Å². The number of hydrogen-bond acceptors (Lipinski definition) is 5. The Labute approximate surface area is 134 Å². The van der Waals surface area contributed by atoms with E-state index in [1.165, 1.54) is 17.1 Å². The molecule has 0 bridgehead atoms. The molecule has 1 rings (SSSR count). The average Bonchev–Trinajstić information content (AvgIpc) is 2.57. The molecular formula is C15H23N3O3. The van der Waals surface area contributed by atoms with Gasteiger partial charge in [0.25, 0.3) is 0 Å². The fourth-order valence-electron chi connectivity index (χ4n) is 1.61. The Kier molecular flexibility index (Phi) is 4.27. The second-order valence-corrected chi connectivity index (χ2v) is 4.39. The minimum Gasteiger partial charge on any atom is -0.461 e. The molecule has 0 heterocycles. The van der Waals surface area contributed by atoms with Crippen LogP contribution < -0.4 is 5.01 Å². The number of anilines is 1. The van der Waals surface area contributed by atoms with E-state index in [1.807, 2.05) is 6.92 Å². The molecule has 0 aliphatic heterocycles. The van der Waals surface area contributed by atoms with Crippen LogP contribution in [0.15, 0.2) is 29.6 Å². The van der Waals surface area contributed by atoms with Crippen molar-refractivity contribution in [1.82, 2.24) is 4.90 Å². The lowest BCUT2D eigenvalue weighted by Crippen LogP contribution is -2.20. The molecule has 0 fully saturated rings. The summed E-state index contributed by atoms with van der Waals surface area (Å²) >= 11 is 0. The molecular weight excluding hydrogens is 270 g/mol. The monoisotopic (exact) mass is 299 g/mol. The molecule has 1 aromatic rings. The Morgan fingerprint density at radius 2 is 2.00 bits per heavy atom. The van der Waals surface area contributed by atoms with E-state index < -0.39 is 33.1 Å². The van der Waals surface area contributed by atoms with E-state index in [-0.39, 0.29) is 5.56 Å². The van der Waals surface area contributed by atoms with Gasteiger partial charge in [-0.15, -0.1) is 4.91 Å². The first-order valence-corrected chi connectivity index (χ1v) is 6.66. The first-order valence-electron chi connectivity index (χ1n) is 9.66. The maximum Gasteiger partial charge on any atom is 0.338 e. The van der Waals surface area contributed by atoms with E-state index in [2.05, 4.69) is 5.29 Å². The van der Waals surface area contributed by atoms with Crippen molar-refractivity contribution in [3.05, 3.63) is 34.7 Å². The lowest BCUT2D eigenvalue weighted by atomic mass is 10.2. The first-order chi connectivity index (χ1) is 12.5. The number of benzene rings is 1. The fourth-order valence-corrected chi connectivity index (χ4v) is 1.61. The van der Waals surface area contributed by atoms with Gasteiger partial charge in [0.1, 0.15) is 6.61 Å². The highest BCUT2D eigenvalue weighted by Gasteiger charge is 2.10. The molecule has 0 atom stereocenters. The highest BCUT2D eigenvalue weighted by molar-refractivity contribution is 5.89. The van der Waals surface area contributed by atoms with Crippen LogP contribution in [0, 0.1) is 4.91 Å². The topological polar surface area (TPSA) is 62.2 Å². The maximum absolute atomic E-state index is 12.0. The minimum absolute atomic E-state index is 0.189. The van der Waals surface area contributed by atoms with Gasteiger partial charge in [-0.25, -0.2) is 9.80 Å². The van der Waals surface area contributed by atoms with Crippen molar-refractivity contribution < 1.29 is 17.8 Å². The van der Waals surface area contributed by atoms with Crippen LogP contribution in [-0.4, -0.2) is 44.5 Å². The molecule has 0 spiro atoms. The van der Waals surface area contributed by atoms with Crippen molar-refractivity contribution in [3.63, 3.8) is 0 Å². The van der Waals surface area contributed by atoms with Gasteiger partial charge in [0.15, 0.2) is 0 Å². The van der Waals surface area contributed by atoms with Gasteiger partial charge in [0.2, 0.25) is 0 Å². The molecule has 0 saturated carbocycles. The maximum atomic E-state index is 12.0. The summed E-state index contributed by atoms with van der Waals surface area (Å²) in [5.41, 5.74) is 0.723. The van der Waals surface area contributed by atoms with E-state index in [0.717, 1.165) is 12.8 Å². The second kappa shape index (κ2) is 9.07. The summed E-state index contributed by atoms with van der Waals surface area (Å²) in [4.78, 5) is 23.2. The van der Waals surface area contributed by atoms with Gasteiger partial charge in [-0.1, -0.05) is 13.3 Å². The summed E-state index contributed by atoms with van der Waals surface area (Å²) in [7, 11) is 0. The molecule has 0 aliphatic carbocycles. The molecule has 21 heavy (non-hydrogen) atoms. The molecule has 0 unspecified atom stereocenters. The molecule has 0 amide bonds. The summed E-state index contributed by atoms with van der Waals surface area (Å²) in [6, 6.07) is 6.00. The van der Waals surface area contributed by atoms with Crippen molar-refractivity contribution in [2.24, 2.45) is 5.29 Å². The van der Waals surface area contributed by atoms with Crippen LogP contribution >= 0.6 is 0 Å². The van der Waals surface area contributed by atoms with Gasteiger partial charge in [0, 0.05) is 21.3 Å². The smallest absolute Gasteiger partial charge is 0.338 e. The number of hydrogen-bond donors (Lipinski definition) is 0. The lowest BCUT2D eigenvalue weighted by Gasteiger charge is -2.15. The standard InChI is InChI=1S/C15H23N3O3/c1-4-5-10-18(16-20)14-8-6-13(7-9-14)15(19)21-12-11-17(2)3/h6-9H,4-5,10-12H2,1-3H3/i2D3,3D3. The molecule has 0 aromatic heterocycles. The Balaban J connectivity index is 2.66. The van der Waals surface area contributed by atoms with Crippen molar-refractivity contribution >= 4 is 11.7 Å². The summed E-state index contributed by atoms with van der Waals surface area (Å²) < 4.78 is 48.4. The van der Waals surface area contributed by atoms with Gasteiger partial charge >= 0.3 is 5.97 Å². The van der Waals surface area contributed by atoms with Crippen LogP contribution in [0.25, 0.3) is 0 Å². The summed E-state index contributed by atoms with van der Waals surface area (Å²) in [5.74, 6) is -0.725. The summed E-state index contributed by atoms with van der Waals surface area (Å²) in [5, 5.41) is 4.22. The second-order valence-electron chi connectivity index (χ2n) is 4.39. The summed E-state index contributed by atoms with van der Waals surface area (Å²) in [6.45, 7) is -4.07. The number of esters is 1. The number of ether oxygens (including phenoxy) is 1. The average molecular weight is 299 g/mol. The van der Waals surface area contributed by atoms with Crippen LogP contribution in [0.3, 0.4) is 0 Å². The minimum atomic E-state index is -2.83.